The molecule has 0 saturated carbocycles. The number of carbonyl (C=O) groups is 4. The van der Waals surface area contributed by atoms with Gasteiger partial charge in [-0.25, -0.2) is 4.79 Å². The average molecular weight is 491 g/mol. The molecular formula is C26H34O9. The van der Waals surface area contributed by atoms with Gasteiger partial charge in [0.15, 0.2) is 0 Å². The van der Waals surface area contributed by atoms with E-state index >= 15 is 0 Å². The van der Waals surface area contributed by atoms with E-state index in [4.69, 9.17) is 23.7 Å². The van der Waals surface area contributed by atoms with Crippen molar-refractivity contribution in [1.82, 2.24) is 0 Å². The lowest BCUT2D eigenvalue weighted by atomic mass is 9.82. The van der Waals surface area contributed by atoms with E-state index in [1.807, 2.05) is 26.0 Å². The van der Waals surface area contributed by atoms with E-state index in [-0.39, 0.29) is 5.57 Å². The van der Waals surface area contributed by atoms with Crippen LogP contribution in [0.1, 0.15) is 60.8 Å². The molecule has 1 aliphatic carbocycles. The molecule has 3 rings (SSSR count). The quantitative estimate of drug-likeness (QED) is 0.193. The molecule has 0 aromatic heterocycles. The first kappa shape index (κ1) is 26.7. The van der Waals surface area contributed by atoms with E-state index in [9.17, 15) is 19.2 Å². The minimum Gasteiger partial charge on any atom is -0.461 e. The maximum absolute atomic E-state index is 12.5. The molecule has 0 aromatic rings. The standard InChI is InChI=1S/C26H34O9/c1-13-8-10-19(31-16(4)27)14(2)9-11-21(33-18(6)29)26(7)24(35-26)23-22(15(3)25(30)34-23)20(12-13)32-17(5)28/h8-9,19-24H,3,10-12H2,1-2,4-7H3. The van der Waals surface area contributed by atoms with Crippen molar-refractivity contribution in [3.05, 3.63) is 35.5 Å². The highest BCUT2D eigenvalue weighted by atomic mass is 16.7. The van der Waals surface area contributed by atoms with Gasteiger partial charge in [0.25, 0.3) is 0 Å². The van der Waals surface area contributed by atoms with Gasteiger partial charge in [-0.15, -0.1) is 0 Å². The molecule has 2 fully saturated rings. The number of hydrogen-bond acceptors (Lipinski definition) is 9. The summed E-state index contributed by atoms with van der Waals surface area (Å²) in [6.45, 7) is 13.4. The molecule has 2 heterocycles. The second kappa shape index (κ2) is 10.4. The number of ether oxygens (including phenoxy) is 5. The molecule has 9 heteroatoms. The summed E-state index contributed by atoms with van der Waals surface area (Å²) in [7, 11) is 0. The van der Waals surface area contributed by atoms with Crippen molar-refractivity contribution < 1.29 is 42.9 Å². The number of esters is 4. The number of hydrogen-bond donors (Lipinski definition) is 0. The Morgan fingerprint density at radius 3 is 2.23 bits per heavy atom. The van der Waals surface area contributed by atoms with Gasteiger partial charge in [0, 0.05) is 45.6 Å². The van der Waals surface area contributed by atoms with Gasteiger partial charge in [0.1, 0.15) is 36.1 Å². The summed E-state index contributed by atoms with van der Waals surface area (Å²) >= 11 is 0. The van der Waals surface area contributed by atoms with Gasteiger partial charge in [-0.3, -0.25) is 14.4 Å². The van der Waals surface area contributed by atoms with Crippen LogP contribution in [0, 0.1) is 5.92 Å². The van der Waals surface area contributed by atoms with E-state index in [0.29, 0.717) is 19.3 Å². The van der Waals surface area contributed by atoms with Crippen molar-refractivity contribution in [2.75, 3.05) is 0 Å². The molecule has 192 valence electrons. The molecule has 0 spiro atoms. The van der Waals surface area contributed by atoms with Crippen LogP contribution < -0.4 is 0 Å². The highest BCUT2D eigenvalue weighted by molar-refractivity contribution is 5.91. The Labute approximate surface area is 205 Å². The fourth-order valence-electron chi connectivity index (χ4n) is 4.90. The van der Waals surface area contributed by atoms with Crippen molar-refractivity contribution in [1.29, 1.82) is 0 Å². The summed E-state index contributed by atoms with van der Waals surface area (Å²) in [6, 6.07) is 0. The highest BCUT2D eigenvalue weighted by Crippen LogP contribution is 2.50. The third kappa shape index (κ3) is 6.01. The van der Waals surface area contributed by atoms with Crippen molar-refractivity contribution in [2.45, 2.75) is 96.9 Å². The third-order valence-electron chi connectivity index (χ3n) is 6.79. The minimum absolute atomic E-state index is 0.205. The monoisotopic (exact) mass is 490 g/mol. The molecule has 9 nitrogen and oxygen atoms in total. The topological polar surface area (TPSA) is 118 Å². The molecule has 2 saturated heterocycles. The van der Waals surface area contributed by atoms with Crippen LogP contribution in [0.2, 0.25) is 0 Å². The van der Waals surface area contributed by atoms with Crippen molar-refractivity contribution >= 4 is 23.9 Å². The first-order valence-electron chi connectivity index (χ1n) is 11.7. The Morgan fingerprint density at radius 1 is 1.00 bits per heavy atom. The smallest absolute Gasteiger partial charge is 0.334 e. The van der Waals surface area contributed by atoms with E-state index in [2.05, 4.69) is 6.58 Å². The minimum atomic E-state index is -0.941. The van der Waals surface area contributed by atoms with Crippen LogP contribution in [0.5, 0.6) is 0 Å². The van der Waals surface area contributed by atoms with Gasteiger partial charge in [-0.1, -0.05) is 24.3 Å². The van der Waals surface area contributed by atoms with Crippen LogP contribution in [0.4, 0.5) is 0 Å². The Hall–Kier alpha value is -2.94. The van der Waals surface area contributed by atoms with Crippen LogP contribution in [-0.2, 0) is 42.9 Å². The second-order valence-corrected chi connectivity index (χ2v) is 9.66. The van der Waals surface area contributed by atoms with Gasteiger partial charge in [-0.05, 0) is 26.3 Å². The van der Waals surface area contributed by atoms with Crippen LogP contribution in [-0.4, -0.2) is 60.0 Å². The molecule has 0 amide bonds. The summed E-state index contributed by atoms with van der Waals surface area (Å²) < 4.78 is 28.5. The zero-order valence-corrected chi connectivity index (χ0v) is 21.1. The summed E-state index contributed by atoms with van der Waals surface area (Å²) in [4.78, 5) is 48.1. The molecule has 7 atom stereocenters. The van der Waals surface area contributed by atoms with E-state index in [1.54, 1.807) is 6.92 Å². The van der Waals surface area contributed by atoms with Crippen LogP contribution in [0.15, 0.2) is 35.5 Å². The summed E-state index contributed by atoms with van der Waals surface area (Å²) in [5.41, 5.74) is 0.954. The van der Waals surface area contributed by atoms with Gasteiger partial charge in [-0.2, -0.15) is 0 Å². The number of carbonyl (C=O) groups excluding carboxylic acids is 4. The Balaban J connectivity index is 2.06. The lowest BCUT2D eigenvalue weighted by Crippen LogP contribution is -2.41. The first-order chi connectivity index (χ1) is 16.3. The van der Waals surface area contributed by atoms with E-state index < -0.39 is 65.9 Å². The summed E-state index contributed by atoms with van der Waals surface area (Å²) in [5, 5.41) is 0. The van der Waals surface area contributed by atoms with Crippen molar-refractivity contribution in [3.63, 3.8) is 0 Å². The highest BCUT2D eigenvalue weighted by Gasteiger charge is 2.67. The normalized spacial score (nSPS) is 35.3. The van der Waals surface area contributed by atoms with Gasteiger partial charge in [0.2, 0.25) is 0 Å². The molecule has 0 bridgehead atoms. The molecule has 0 N–H and O–H groups in total. The summed E-state index contributed by atoms with van der Waals surface area (Å²) in [6.07, 6.45) is 1.56. The lowest BCUT2D eigenvalue weighted by molar-refractivity contribution is -0.152. The zero-order valence-electron chi connectivity index (χ0n) is 21.1. The summed E-state index contributed by atoms with van der Waals surface area (Å²) in [5.74, 6) is -2.60. The SMILES string of the molecule is C=C1C(=O)OC2C1C(OC(C)=O)CC(C)=CCC(OC(C)=O)C(C)=CCC(OC(C)=O)C1(C)OC21. The van der Waals surface area contributed by atoms with Gasteiger partial charge in [0.05, 0.1) is 5.92 Å². The first-order valence-corrected chi connectivity index (χ1v) is 11.7. The van der Waals surface area contributed by atoms with Gasteiger partial charge < -0.3 is 23.7 Å². The largest absolute Gasteiger partial charge is 0.461 e. The molecule has 7 unspecified atom stereocenters. The Bertz CT molecular complexity index is 977. The molecule has 0 aromatic carbocycles. The van der Waals surface area contributed by atoms with Crippen molar-refractivity contribution in [3.8, 4) is 0 Å². The second-order valence-electron chi connectivity index (χ2n) is 9.66. The van der Waals surface area contributed by atoms with Gasteiger partial charge >= 0.3 is 23.9 Å². The molecule has 2 aliphatic heterocycles. The van der Waals surface area contributed by atoms with Crippen LogP contribution >= 0.6 is 0 Å². The fourth-order valence-corrected chi connectivity index (χ4v) is 4.90. The van der Waals surface area contributed by atoms with Crippen LogP contribution in [0.25, 0.3) is 0 Å². The Morgan fingerprint density at radius 2 is 1.63 bits per heavy atom. The Kier molecular flexibility index (Phi) is 7.89. The van der Waals surface area contributed by atoms with Crippen molar-refractivity contribution in [2.24, 2.45) is 5.92 Å². The van der Waals surface area contributed by atoms with E-state index in [0.717, 1.165) is 11.1 Å². The van der Waals surface area contributed by atoms with E-state index in [1.165, 1.54) is 20.8 Å². The fraction of sp³-hybridized carbons (Fsp3) is 0.615. The maximum atomic E-state index is 12.5. The zero-order chi connectivity index (χ0) is 26.1. The molecule has 35 heavy (non-hydrogen) atoms. The predicted molar refractivity (Wildman–Crippen MR) is 124 cm³/mol. The molecular weight excluding hydrogens is 456 g/mol. The number of fused-ring (bicyclic) bond motifs is 3. The average Bonchev–Trinajstić information content (AvgIpc) is 3.34. The number of epoxide rings is 1. The third-order valence-corrected chi connectivity index (χ3v) is 6.79. The molecule has 3 aliphatic rings. The molecule has 0 radical (unpaired) electrons. The maximum Gasteiger partial charge on any atom is 0.334 e. The lowest BCUT2D eigenvalue weighted by Gasteiger charge is -2.28. The van der Waals surface area contributed by atoms with Crippen LogP contribution in [0.3, 0.4) is 0 Å². The predicted octanol–water partition coefficient (Wildman–Crippen LogP) is 3.11. The number of rotatable bonds is 3.